The molecule has 1 aromatic heterocycles. The quantitative estimate of drug-likeness (QED) is 0.251. The van der Waals surface area contributed by atoms with Crippen LogP contribution in [0.25, 0.3) is 43.9 Å². The molecule has 1 nitrogen and oxygen atoms in total. The molecular formula is C27H22N+. The van der Waals surface area contributed by atoms with Crippen LogP contribution in [0.15, 0.2) is 97.2 Å². The number of hydrogen-bond donors (Lipinski definition) is 0. The van der Waals surface area contributed by atoms with Crippen LogP contribution in [0.1, 0.15) is 5.56 Å². The predicted molar refractivity (Wildman–Crippen MR) is 118 cm³/mol. The Labute approximate surface area is 165 Å². The van der Waals surface area contributed by atoms with Crippen molar-refractivity contribution in [2.45, 2.75) is 6.92 Å². The topological polar surface area (TPSA) is 3.88 Å². The molecular weight excluding hydrogens is 338 g/mol. The van der Waals surface area contributed by atoms with Crippen LogP contribution in [0.5, 0.6) is 0 Å². The molecule has 0 fully saturated rings. The van der Waals surface area contributed by atoms with Crippen LogP contribution in [0.4, 0.5) is 0 Å². The van der Waals surface area contributed by atoms with Crippen molar-refractivity contribution >= 4 is 21.7 Å². The fourth-order valence-corrected chi connectivity index (χ4v) is 4.23. The van der Waals surface area contributed by atoms with E-state index in [9.17, 15) is 0 Å². The lowest BCUT2D eigenvalue weighted by molar-refractivity contribution is -0.643. The lowest BCUT2D eigenvalue weighted by atomic mass is 9.95. The molecule has 4 aromatic carbocycles. The third-order valence-electron chi connectivity index (χ3n) is 5.56. The summed E-state index contributed by atoms with van der Waals surface area (Å²) in [5.41, 5.74) is 7.61. The third-order valence-corrected chi connectivity index (χ3v) is 5.56. The number of benzene rings is 4. The molecule has 0 unspecified atom stereocenters. The van der Waals surface area contributed by atoms with Crippen LogP contribution in [0, 0.1) is 6.92 Å². The Morgan fingerprint density at radius 1 is 0.571 bits per heavy atom. The van der Waals surface area contributed by atoms with E-state index in [1.54, 1.807) is 0 Å². The molecule has 0 saturated carbocycles. The van der Waals surface area contributed by atoms with Gasteiger partial charge in [0.05, 0.1) is 5.39 Å². The standard InChI is InChI=1S/C27H22N/c1-19-16-24(22-14-12-21(13-15-22)20-8-4-3-5-9-20)17-26-25-11-7-6-10-23(25)18-28(2)27(19)26/h3-18H,1-2H3/q+1. The summed E-state index contributed by atoms with van der Waals surface area (Å²) in [6.45, 7) is 2.21. The Kier molecular flexibility index (Phi) is 3.95. The summed E-state index contributed by atoms with van der Waals surface area (Å²) in [5, 5.41) is 3.89. The first-order chi connectivity index (χ1) is 13.7. The fourth-order valence-electron chi connectivity index (χ4n) is 4.23. The SMILES string of the molecule is Cc1cc(-c2ccc(-c3ccccc3)cc2)cc2c3ccccc3c[n+](C)c12. The summed E-state index contributed by atoms with van der Waals surface area (Å²) in [7, 11) is 2.14. The Hall–Kier alpha value is -3.45. The highest BCUT2D eigenvalue weighted by Crippen LogP contribution is 2.31. The monoisotopic (exact) mass is 360 g/mol. The Morgan fingerprint density at radius 2 is 1.18 bits per heavy atom. The van der Waals surface area contributed by atoms with Gasteiger partial charge < -0.3 is 0 Å². The van der Waals surface area contributed by atoms with Crippen molar-refractivity contribution in [3.8, 4) is 22.3 Å². The molecule has 1 heteroatoms. The summed E-state index contributed by atoms with van der Waals surface area (Å²) >= 11 is 0. The predicted octanol–water partition coefficient (Wildman–Crippen LogP) is 6.46. The van der Waals surface area contributed by atoms with Gasteiger partial charge in [0.1, 0.15) is 7.05 Å². The van der Waals surface area contributed by atoms with E-state index in [2.05, 4.69) is 116 Å². The molecule has 0 atom stereocenters. The van der Waals surface area contributed by atoms with Crippen molar-refractivity contribution in [1.29, 1.82) is 0 Å². The minimum absolute atomic E-state index is 1.25. The van der Waals surface area contributed by atoms with Crippen molar-refractivity contribution in [3.63, 3.8) is 0 Å². The van der Waals surface area contributed by atoms with Crippen molar-refractivity contribution in [2.24, 2.45) is 7.05 Å². The van der Waals surface area contributed by atoms with Crippen molar-refractivity contribution in [2.75, 3.05) is 0 Å². The van der Waals surface area contributed by atoms with Crippen molar-refractivity contribution < 1.29 is 4.57 Å². The van der Waals surface area contributed by atoms with Crippen LogP contribution < -0.4 is 4.57 Å². The minimum atomic E-state index is 1.25. The van der Waals surface area contributed by atoms with Gasteiger partial charge in [-0.1, -0.05) is 72.8 Å². The lowest BCUT2D eigenvalue weighted by Gasteiger charge is -2.10. The van der Waals surface area contributed by atoms with Crippen molar-refractivity contribution in [3.05, 3.63) is 103 Å². The molecule has 0 bridgehead atoms. The van der Waals surface area contributed by atoms with E-state index in [0.29, 0.717) is 0 Å². The Bertz CT molecular complexity index is 1300. The number of aryl methyl sites for hydroxylation is 2. The van der Waals surface area contributed by atoms with E-state index in [0.717, 1.165) is 0 Å². The second-order valence-electron chi connectivity index (χ2n) is 7.46. The van der Waals surface area contributed by atoms with Crippen LogP contribution in [0.2, 0.25) is 0 Å². The Morgan fingerprint density at radius 3 is 1.93 bits per heavy atom. The van der Waals surface area contributed by atoms with Crippen molar-refractivity contribution in [1.82, 2.24) is 0 Å². The normalized spacial score (nSPS) is 11.2. The number of fused-ring (bicyclic) bond motifs is 3. The minimum Gasteiger partial charge on any atom is -0.200 e. The first-order valence-electron chi connectivity index (χ1n) is 9.68. The van der Waals surface area contributed by atoms with E-state index in [1.807, 2.05) is 0 Å². The highest BCUT2D eigenvalue weighted by molar-refractivity contribution is 6.06. The summed E-state index contributed by atoms with van der Waals surface area (Å²) in [6, 6.07) is 32.7. The zero-order chi connectivity index (χ0) is 19.1. The fraction of sp³-hybridized carbons (Fsp3) is 0.0741. The summed E-state index contributed by atoms with van der Waals surface area (Å²) in [5.74, 6) is 0. The lowest BCUT2D eigenvalue weighted by Crippen LogP contribution is -2.29. The third kappa shape index (κ3) is 2.76. The average molecular weight is 360 g/mol. The Balaban J connectivity index is 1.68. The van der Waals surface area contributed by atoms with Gasteiger partial charge in [0, 0.05) is 16.3 Å². The molecule has 0 spiro atoms. The number of pyridine rings is 1. The van der Waals surface area contributed by atoms with E-state index in [-0.39, 0.29) is 0 Å². The molecule has 1 heterocycles. The summed E-state index contributed by atoms with van der Waals surface area (Å²) in [6.07, 6.45) is 2.22. The molecule has 0 radical (unpaired) electrons. The van der Waals surface area contributed by atoms with E-state index >= 15 is 0 Å². The molecule has 0 amide bonds. The van der Waals surface area contributed by atoms with Gasteiger partial charge in [-0.2, -0.15) is 0 Å². The zero-order valence-corrected chi connectivity index (χ0v) is 16.2. The summed E-state index contributed by atoms with van der Waals surface area (Å²) in [4.78, 5) is 0. The second kappa shape index (κ2) is 6.61. The van der Waals surface area contributed by atoms with Gasteiger partial charge in [-0.15, -0.1) is 0 Å². The molecule has 28 heavy (non-hydrogen) atoms. The first-order valence-corrected chi connectivity index (χ1v) is 9.68. The molecule has 0 N–H and O–H groups in total. The number of aromatic nitrogens is 1. The van der Waals surface area contributed by atoms with Gasteiger partial charge in [0.15, 0.2) is 6.20 Å². The molecule has 0 saturated heterocycles. The molecule has 134 valence electrons. The van der Waals surface area contributed by atoms with Crippen LogP contribution >= 0.6 is 0 Å². The largest absolute Gasteiger partial charge is 0.215 e. The van der Waals surface area contributed by atoms with Gasteiger partial charge in [0.25, 0.3) is 0 Å². The van der Waals surface area contributed by atoms with Gasteiger partial charge >= 0.3 is 0 Å². The van der Waals surface area contributed by atoms with Gasteiger partial charge in [0.2, 0.25) is 5.52 Å². The number of nitrogens with zero attached hydrogens (tertiary/aromatic N) is 1. The average Bonchev–Trinajstić information content (AvgIpc) is 2.74. The molecule has 0 aliphatic carbocycles. The molecule has 5 rings (SSSR count). The zero-order valence-electron chi connectivity index (χ0n) is 16.2. The maximum atomic E-state index is 2.34. The molecule has 0 aliphatic rings. The van der Waals surface area contributed by atoms with Crippen LogP contribution in [-0.4, -0.2) is 0 Å². The van der Waals surface area contributed by atoms with E-state index in [4.69, 9.17) is 0 Å². The van der Waals surface area contributed by atoms with Gasteiger partial charge in [-0.05, 0) is 47.4 Å². The van der Waals surface area contributed by atoms with Gasteiger partial charge in [-0.3, -0.25) is 0 Å². The maximum Gasteiger partial charge on any atom is 0.215 e. The van der Waals surface area contributed by atoms with Crippen LogP contribution in [0.3, 0.4) is 0 Å². The smallest absolute Gasteiger partial charge is 0.200 e. The highest BCUT2D eigenvalue weighted by atomic mass is 14.9. The van der Waals surface area contributed by atoms with E-state index < -0.39 is 0 Å². The first kappa shape index (κ1) is 16.7. The van der Waals surface area contributed by atoms with E-state index in [1.165, 1.54) is 49.5 Å². The second-order valence-corrected chi connectivity index (χ2v) is 7.46. The maximum absolute atomic E-state index is 2.34. The van der Waals surface area contributed by atoms with Gasteiger partial charge in [-0.25, -0.2) is 4.57 Å². The highest BCUT2D eigenvalue weighted by Gasteiger charge is 2.15. The van der Waals surface area contributed by atoms with Crippen LogP contribution in [-0.2, 0) is 7.05 Å². The molecule has 5 aromatic rings. The number of hydrogen-bond acceptors (Lipinski definition) is 0. The summed E-state index contributed by atoms with van der Waals surface area (Å²) < 4.78 is 2.25. The molecule has 0 aliphatic heterocycles. The number of rotatable bonds is 2.